The van der Waals surface area contributed by atoms with E-state index in [2.05, 4.69) is 50.1 Å². The second-order valence-corrected chi connectivity index (χ2v) is 8.12. The second kappa shape index (κ2) is 14.1. The molecule has 0 bridgehead atoms. The zero-order valence-corrected chi connectivity index (χ0v) is 18.3. The van der Waals surface area contributed by atoms with Gasteiger partial charge in [-0.3, -0.25) is 0 Å². The predicted molar refractivity (Wildman–Crippen MR) is 118 cm³/mol. The van der Waals surface area contributed by atoms with Gasteiger partial charge >= 0.3 is 5.97 Å². The maximum Gasteiger partial charge on any atom is 0.328 e. The normalized spacial score (nSPS) is 13.3. The van der Waals surface area contributed by atoms with Gasteiger partial charge in [0.05, 0.1) is 13.2 Å². The summed E-state index contributed by atoms with van der Waals surface area (Å²) < 4.78 is 5.52. The number of unbranched alkanes of at least 4 members (excludes halogenated alkanes) is 1. The van der Waals surface area contributed by atoms with E-state index in [9.17, 15) is 9.90 Å². The van der Waals surface area contributed by atoms with Crippen LogP contribution in [-0.2, 0) is 9.53 Å². The summed E-state index contributed by atoms with van der Waals surface area (Å²) >= 11 is 1.37. The average Bonchev–Trinajstić information content (AvgIpc) is 3.14. The van der Waals surface area contributed by atoms with Crippen LogP contribution in [0.15, 0.2) is 46.5 Å². The Kier molecular flexibility index (Phi) is 12.2. The van der Waals surface area contributed by atoms with Gasteiger partial charge in [0.25, 0.3) is 0 Å². The highest BCUT2D eigenvalue weighted by Gasteiger charge is 2.18. The molecule has 1 atom stereocenters. The van der Waals surface area contributed by atoms with Crippen LogP contribution < -0.4 is 5.32 Å². The highest BCUT2D eigenvalue weighted by Crippen LogP contribution is 2.13. The first-order chi connectivity index (χ1) is 13.4. The number of allylic oxidation sites excluding steroid dienone is 5. The summed E-state index contributed by atoms with van der Waals surface area (Å²) in [4.78, 5) is 15.3. The molecule has 5 nitrogen and oxygen atoms in total. The number of thiazole rings is 1. The van der Waals surface area contributed by atoms with Gasteiger partial charge in [-0.1, -0.05) is 34.9 Å². The summed E-state index contributed by atoms with van der Waals surface area (Å²) in [6, 6.07) is -0.795. The lowest BCUT2D eigenvalue weighted by atomic mass is 10.1. The molecule has 0 aliphatic heterocycles. The zero-order valence-electron chi connectivity index (χ0n) is 17.5. The van der Waals surface area contributed by atoms with Crippen molar-refractivity contribution in [2.24, 2.45) is 0 Å². The Balaban J connectivity index is 2.23. The van der Waals surface area contributed by atoms with Crippen molar-refractivity contribution in [3.05, 3.63) is 46.5 Å². The Hall–Kier alpha value is -1.92. The Morgan fingerprint density at radius 3 is 2.57 bits per heavy atom. The van der Waals surface area contributed by atoms with Gasteiger partial charge in [0, 0.05) is 11.6 Å². The fourth-order valence-corrected chi connectivity index (χ4v) is 3.11. The van der Waals surface area contributed by atoms with Gasteiger partial charge in [-0.2, -0.15) is 0 Å². The molecule has 0 aliphatic carbocycles. The van der Waals surface area contributed by atoms with E-state index >= 15 is 0 Å². The summed E-state index contributed by atoms with van der Waals surface area (Å²) in [5.74, 6) is -0.943. The first-order valence-electron chi connectivity index (χ1n) is 9.79. The number of rotatable bonds is 14. The summed E-state index contributed by atoms with van der Waals surface area (Å²) in [5.41, 5.74) is 4.09. The first kappa shape index (κ1) is 24.1. The standard InChI is InChI=1S/C22H34N2O3S/c1-17(2)8-5-6-9-18(3)10-7-11-19(4)12-14-27-16-20(21(25)26)24-22-23-13-15-28-22/h8,10,12-13,15,20H,5-7,9,11,14,16H2,1-4H3,(H,23,24)(H,25,26)/b18-10+,19-12+. The van der Waals surface area contributed by atoms with Crippen molar-refractivity contribution >= 4 is 22.4 Å². The van der Waals surface area contributed by atoms with Crippen molar-refractivity contribution in [3.8, 4) is 0 Å². The third-order valence-electron chi connectivity index (χ3n) is 4.22. The molecule has 0 spiro atoms. The summed E-state index contributed by atoms with van der Waals surface area (Å²) in [6.07, 6.45) is 13.8. The minimum absolute atomic E-state index is 0.101. The fourth-order valence-electron chi connectivity index (χ4n) is 2.53. The number of nitrogens with one attached hydrogen (secondary N) is 1. The highest BCUT2D eigenvalue weighted by atomic mass is 32.1. The van der Waals surface area contributed by atoms with E-state index in [0.717, 1.165) is 25.7 Å². The van der Waals surface area contributed by atoms with Gasteiger partial charge in [-0.05, 0) is 59.8 Å². The third-order valence-corrected chi connectivity index (χ3v) is 4.93. The van der Waals surface area contributed by atoms with Crippen LogP contribution in [0.3, 0.4) is 0 Å². The number of hydrogen-bond acceptors (Lipinski definition) is 5. The summed E-state index contributed by atoms with van der Waals surface area (Å²) in [6.45, 7) is 9.08. The van der Waals surface area contributed by atoms with Crippen LogP contribution in [0.5, 0.6) is 0 Å². The van der Waals surface area contributed by atoms with Crippen LogP contribution >= 0.6 is 11.3 Å². The Morgan fingerprint density at radius 2 is 1.93 bits per heavy atom. The second-order valence-electron chi connectivity index (χ2n) is 7.22. The molecule has 0 fully saturated rings. The van der Waals surface area contributed by atoms with Crippen LogP contribution in [0.4, 0.5) is 5.13 Å². The highest BCUT2D eigenvalue weighted by molar-refractivity contribution is 7.13. The van der Waals surface area contributed by atoms with Gasteiger partial charge in [0.2, 0.25) is 0 Å². The minimum Gasteiger partial charge on any atom is -0.480 e. The van der Waals surface area contributed by atoms with E-state index in [0.29, 0.717) is 11.7 Å². The number of carbonyl (C=O) groups is 1. The fraction of sp³-hybridized carbons (Fsp3) is 0.545. The van der Waals surface area contributed by atoms with Crippen LogP contribution in [-0.4, -0.2) is 35.3 Å². The van der Waals surface area contributed by atoms with Gasteiger partial charge in [-0.25, -0.2) is 9.78 Å². The zero-order chi connectivity index (χ0) is 20.8. The molecule has 1 heterocycles. The predicted octanol–water partition coefficient (Wildman–Crippen LogP) is 5.83. The number of ether oxygens (including phenoxy) is 1. The minimum atomic E-state index is -0.943. The largest absolute Gasteiger partial charge is 0.480 e. The van der Waals surface area contributed by atoms with Crippen molar-refractivity contribution in [3.63, 3.8) is 0 Å². The van der Waals surface area contributed by atoms with E-state index in [1.807, 2.05) is 6.08 Å². The lowest BCUT2D eigenvalue weighted by Gasteiger charge is -2.13. The molecule has 6 heteroatoms. The summed E-state index contributed by atoms with van der Waals surface area (Å²) in [5, 5.41) is 14.5. The molecule has 0 saturated carbocycles. The lowest BCUT2D eigenvalue weighted by molar-refractivity contribution is -0.139. The molecule has 0 saturated heterocycles. The maximum absolute atomic E-state index is 11.3. The lowest BCUT2D eigenvalue weighted by Crippen LogP contribution is -2.34. The van der Waals surface area contributed by atoms with Crippen molar-refractivity contribution in [2.75, 3.05) is 18.5 Å². The smallest absolute Gasteiger partial charge is 0.328 e. The quantitative estimate of drug-likeness (QED) is 0.300. The maximum atomic E-state index is 11.3. The Morgan fingerprint density at radius 1 is 1.18 bits per heavy atom. The topological polar surface area (TPSA) is 71.5 Å². The van der Waals surface area contributed by atoms with E-state index < -0.39 is 12.0 Å². The number of carboxylic acids is 1. The van der Waals surface area contributed by atoms with Crippen molar-refractivity contribution < 1.29 is 14.6 Å². The molecule has 1 aromatic rings. The number of aromatic nitrogens is 1. The number of aliphatic carboxylic acids is 1. The first-order valence-corrected chi connectivity index (χ1v) is 10.7. The molecular weight excluding hydrogens is 372 g/mol. The third kappa shape index (κ3) is 11.7. The number of carboxylic acid groups (broad SMARTS) is 1. The molecule has 28 heavy (non-hydrogen) atoms. The van der Waals surface area contributed by atoms with Crippen molar-refractivity contribution in [2.45, 2.75) is 65.8 Å². The van der Waals surface area contributed by atoms with Crippen LogP contribution in [0.25, 0.3) is 0 Å². The molecule has 1 unspecified atom stereocenters. The van der Waals surface area contributed by atoms with Crippen molar-refractivity contribution in [1.82, 2.24) is 4.98 Å². The summed E-state index contributed by atoms with van der Waals surface area (Å²) in [7, 11) is 0. The van der Waals surface area contributed by atoms with Crippen LogP contribution in [0, 0.1) is 0 Å². The molecule has 0 aromatic carbocycles. The van der Waals surface area contributed by atoms with E-state index in [-0.39, 0.29) is 6.61 Å². The van der Waals surface area contributed by atoms with E-state index in [4.69, 9.17) is 4.74 Å². The molecule has 0 aliphatic rings. The average molecular weight is 407 g/mol. The van der Waals surface area contributed by atoms with Gasteiger partial charge < -0.3 is 15.2 Å². The van der Waals surface area contributed by atoms with Gasteiger partial charge in [0.1, 0.15) is 6.04 Å². The molecule has 2 N–H and O–H groups in total. The Bertz CT molecular complexity index is 659. The molecule has 1 aromatic heterocycles. The molecule has 0 amide bonds. The van der Waals surface area contributed by atoms with Crippen LogP contribution in [0.2, 0.25) is 0 Å². The molecule has 0 radical (unpaired) electrons. The van der Waals surface area contributed by atoms with E-state index in [1.165, 1.54) is 34.5 Å². The Labute approximate surface area is 173 Å². The SMILES string of the molecule is CC(C)=CCCC/C(C)=C/CC/C(C)=C/COCC(Nc1nccs1)C(=O)O. The monoisotopic (exact) mass is 406 g/mol. The van der Waals surface area contributed by atoms with Gasteiger partial charge in [-0.15, -0.1) is 11.3 Å². The van der Waals surface area contributed by atoms with Crippen molar-refractivity contribution in [1.29, 1.82) is 0 Å². The number of hydrogen-bond donors (Lipinski definition) is 2. The molecule has 156 valence electrons. The number of anilines is 1. The molecular formula is C22H34N2O3S. The van der Waals surface area contributed by atoms with E-state index in [1.54, 1.807) is 11.6 Å². The van der Waals surface area contributed by atoms with Gasteiger partial charge in [0.15, 0.2) is 5.13 Å². The van der Waals surface area contributed by atoms with Crippen LogP contribution in [0.1, 0.15) is 59.8 Å². The number of nitrogens with zero attached hydrogens (tertiary/aromatic N) is 1. The molecule has 1 rings (SSSR count).